The van der Waals surface area contributed by atoms with Crippen molar-refractivity contribution < 1.29 is 22.7 Å². The number of hydrogen-bond acceptors (Lipinski definition) is 3. The van der Waals surface area contributed by atoms with Gasteiger partial charge in [-0.25, -0.2) is 0 Å². The van der Waals surface area contributed by atoms with Crippen LogP contribution >= 0.6 is 0 Å². The van der Waals surface area contributed by atoms with Gasteiger partial charge in [-0.1, -0.05) is 19.8 Å². The molecule has 2 atom stereocenters. The third-order valence-corrected chi connectivity index (χ3v) is 2.79. The molecular weight excluding hydrogens is 235 g/mol. The molecule has 1 aliphatic rings. The zero-order valence-electron chi connectivity index (χ0n) is 9.80. The molecule has 0 radical (unpaired) electrons. The number of ether oxygens (including phenoxy) is 1. The van der Waals surface area contributed by atoms with Crippen LogP contribution < -0.4 is 5.73 Å². The minimum Gasteiger partial charge on any atom is -0.462 e. The second-order valence-electron chi connectivity index (χ2n) is 4.45. The molecule has 2 N–H and O–H groups in total. The lowest BCUT2D eigenvalue weighted by Gasteiger charge is -2.24. The van der Waals surface area contributed by atoms with Crippen LogP contribution in [0.2, 0.25) is 0 Å². The van der Waals surface area contributed by atoms with Crippen molar-refractivity contribution in [3.63, 3.8) is 0 Å². The topological polar surface area (TPSA) is 52.3 Å². The zero-order chi connectivity index (χ0) is 13.1. The molecule has 1 rings (SSSR count). The van der Waals surface area contributed by atoms with Crippen LogP contribution in [0.1, 0.15) is 39.0 Å². The maximum absolute atomic E-state index is 12.5. The zero-order valence-corrected chi connectivity index (χ0v) is 9.80. The van der Waals surface area contributed by atoms with Crippen LogP contribution in [0.4, 0.5) is 13.2 Å². The Bertz CT molecular complexity index is 264. The van der Waals surface area contributed by atoms with E-state index in [1.807, 2.05) is 6.92 Å². The first-order chi connectivity index (χ1) is 7.86. The number of halogens is 3. The van der Waals surface area contributed by atoms with Gasteiger partial charge in [0.1, 0.15) is 12.1 Å². The van der Waals surface area contributed by atoms with Crippen molar-refractivity contribution in [1.82, 2.24) is 0 Å². The van der Waals surface area contributed by atoms with Crippen LogP contribution in [0.3, 0.4) is 0 Å². The van der Waals surface area contributed by atoms with Crippen LogP contribution in [0.15, 0.2) is 0 Å². The average molecular weight is 253 g/mol. The van der Waals surface area contributed by atoms with Gasteiger partial charge in [-0.3, -0.25) is 4.79 Å². The number of rotatable bonds is 6. The second kappa shape index (κ2) is 5.71. The number of unbranched alkanes of at least 4 members (excludes halogenated alkanes) is 1. The fourth-order valence-electron chi connectivity index (χ4n) is 1.53. The molecular formula is C11H18F3NO2. The normalized spacial score (nSPS) is 19.8. The molecule has 0 saturated heterocycles. The third kappa shape index (κ3) is 4.53. The van der Waals surface area contributed by atoms with E-state index in [4.69, 9.17) is 10.5 Å². The number of esters is 1. The molecule has 0 amide bonds. The van der Waals surface area contributed by atoms with Crippen LogP contribution in [0.25, 0.3) is 0 Å². The van der Waals surface area contributed by atoms with E-state index in [1.165, 1.54) is 0 Å². The summed E-state index contributed by atoms with van der Waals surface area (Å²) >= 11 is 0. The Morgan fingerprint density at radius 1 is 1.47 bits per heavy atom. The third-order valence-electron chi connectivity index (χ3n) is 2.79. The number of carbonyl (C=O) groups is 1. The summed E-state index contributed by atoms with van der Waals surface area (Å²) in [4.78, 5) is 11.6. The maximum Gasteiger partial charge on any atom is 0.404 e. The van der Waals surface area contributed by atoms with Crippen molar-refractivity contribution >= 4 is 5.97 Å². The molecule has 1 saturated carbocycles. The number of alkyl halides is 3. The standard InChI is InChI=1S/C11H18F3NO2/c1-2-3-4-8(9(15)11(12,13)14)10(16)17-7-5-6-7/h7-9H,2-6,15H2,1H3/t8-,9-/m1/s1. The van der Waals surface area contributed by atoms with Crippen molar-refractivity contribution in [3.05, 3.63) is 0 Å². The Morgan fingerprint density at radius 2 is 2.06 bits per heavy atom. The molecule has 0 aromatic rings. The largest absolute Gasteiger partial charge is 0.462 e. The minimum atomic E-state index is -4.55. The molecule has 0 heterocycles. The molecule has 3 nitrogen and oxygen atoms in total. The van der Waals surface area contributed by atoms with E-state index >= 15 is 0 Å². The summed E-state index contributed by atoms with van der Waals surface area (Å²) in [6.07, 6.45) is -1.87. The minimum absolute atomic E-state index is 0.128. The van der Waals surface area contributed by atoms with Gasteiger partial charge in [-0.15, -0.1) is 0 Å². The van der Waals surface area contributed by atoms with Crippen molar-refractivity contribution in [1.29, 1.82) is 0 Å². The Hall–Kier alpha value is -0.780. The van der Waals surface area contributed by atoms with Crippen LogP contribution in [0, 0.1) is 5.92 Å². The predicted octanol–water partition coefficient (Wildman–Crippen LogP) is 2.39. The summed E-state index contributed by atoms with van der Waals surface area (Å²) in [6, 6.07) is -2.12. The lowest BCUT2D eigenvalue weighted by molar-refractivity contribution is -0.177. The Labute approximate surface area is 98.5 Å². The van der Waals surface area contributed by atoms with Crippen LogP contribution in [0.5, 0.6) is 0 Å². The van der Waals surface area contributed by atoms with E-state index in [1.54, 1.807) is 0 Å². The molecule has 0 aromatic heterocycles. The molecule has 6 heteroatoms. The Morgan fingerprint density at radius 3 is 2.47 bits per heavy atom. The summed E-state index contributed by atoms with van der Waals surface area (Å²) in [5.74, 6) is -2.07. The Kier molecular flexibility index (Phi) is 4.80. The van der Waals surface area contributed by atoms with Gasteiger partial charge in [0, 0.05) is 0 Å². The molecule has 1 fully saturated rings. The van der Waals surface area contributed by atoms with Gasteiger partial charge in [0.05, 0.1) is 5.92 Å². The summed E-state index contributed by atoms with van der Waals surface area (Å²) in [5, 5.41) is 0. The molecule has 100 valence electrons. The lowest BCUT2D eigenvalue weighted by Crippen LogP contribution is -2.47. The molecule has 0 aromatic carbocycles. The predicted molar refractivity (Wildman–Crippen MR) is 56.2 cm³/mol. The van der Waals surface area contributed by atoms with Gasteiger partial charge in [0.2, 0.25) is 0 Å². The van der Waals surface area contributed by atoms with Gasteiger partial charge in [-0.2, -0.15) is 13.2 Å². The van der Waals surface area contributed by atoms with E-state index in [-0.39, 0.29) is 12.5 Å². The molecule has 0 bridgehead atoms. The smallest absolute Gasteiger partial charge is 0.404 e. The SMILES string of the molecule is CCCC[C@@H](C(=O)OC1CC1)[C@@H](N)C(F)(F)F. The number of carbonyl (C=O) groups excluding carboxylic acids is 1. The summed E-state index contributed by atoms with van der Waals surface area (Å²) in [7, 11) is 0. The highest BCUT2D eigenvalue weighted by molar-refractivity contribution is 5.73. The average Bonchev–Trinajstić information content (AvgIpc) is 3.00. The fraction of sp³-hybridized carbons (Fsp3) is 0.909. The van der Waals surface area contributed by atoms with E-state index in [0.29, 0.717) is 6.42 Å². The molecule has 17 heavy (non-hydrogen) atoms. The first-order valence-electron chi connectivity index (χ1n) is 5.89. The Balaban J connectivity index is 2.60. The van der Waals surface area contributed by atoms with Crippen molar-refractivity contribution in [2.45, 2.75) is 57.3 Å². The van der Waals surface area contributed by atoms with E-state index < -0.39 is 24.1 Å². The molecule has 1 aliphatic carbocycles. The first kappa shape index (κ1) is 14.3. The number of hydrogen-bond donors (Lipinski definition) is 1. The van der Waals surface area contributed by atoms with E-state index in [0.717, 1.165) is 19.3 Å². The van der Waals surface area contributed by atoms with Crippen molar-refractivity contribution in [2.24, 2.45) is 11.7 Å². The monoisotopic (exact) mass is 253 g/mol. The lowest BCUT2D eigenvalue weighted by atomic mass is 9.94. The quantitative estimate of drug-likeness (QED) is 0.739. The van der Waals surface area contributed by atoms with Gasteiger partial charge in [-0.05, 0) is 19.3 Å². The molecule has 0 unspecified atom stereocenters. The van der Waals surface area contributed by atoms with Gasteiger partial charge >= 0.3 is 12.1 Å². The van der Waals surface area contributed by atoms with E-state index in [9.17, 15) is 18.0 Å². The maximum atomic E-state index is 12.5. The van der Waals surface area contributed by atoms with Crippen LogP contribution in [-0.4, -0.2) is 24.3 Å². The van der Waals surface area contributed by atoms with Crippen molar-refractivity contribution in [3.8, 4) is 0 Å². The second-order valence-corrected chi connectivity index (χ2v) is 4.45. The summed E-state index contributed by atoms with van der Waals surface area (Å²) in [6.45, 7) is 1.85. The molecule has 0 aliphatic heterocycles. The highest BCUT2D eigenvalue weighted by Gasteiger charge is 2.46. The van der Waals surface area contributed by atoms with Gasteiger partial charge in [0.25, 0.3) is 0 Å². The highest BCUT2D eigenvalue weighted by atomic mass is 19.4. The van der Waals surface area contributed by atoms with Crippen LogP contribution in [-0.2, 0) is 9.53 Å². The molecule has 0 spiro atoms. The highest BCUT2D eigenvalue weighted by Crippen LogP contribution is 2.30. The fourth-order valence-corrected chi connectivity index (χ4v) is 1.53. The van der Waals surface area contributed by atoms with E-state index in [2.05, 4.69) is 0 Å². The first-order valence-corrected chi connectivity index (χ1v) is 5.89. The summed E-state index contributed by atoms with van der Waals surface area (Å²) in [5.41, 5.74) is 5.11. The summed E-state index contributed by atoms with van der Waals surface area (Å²) < 4.78 is 42.4. The number of nitrogens with two attached hydrogens (primary N) is 1. The van der Waals surface area contributed by atoms with Crippen molar-refractivity contribution in [2.75, 3.05) is 0 Å². The van der Waals surface area contributed by atoms with Gasteiger partial charge < -0.3 is 10.5 Å². The van der Waals surface area contributed by atoms with Gasteiger partial charge in [0.15, 0.2) is 0 Å².